The van der Waals surface area contributed by atoms with E-state index in [-0.39, 0.29) is 18.7 Å². The first-order valence-corrected chi connectivity index (χ1v) is 12.2. The second-order valence-corrected chi connectivity index (χ2v) is 8.26. The zero-order valence-corrected chi connectivity index (χ0v) is 21.1. The van der Waals surface area contributed by atoms with Crippen molar-refractivity contribution in [1.29, 1.82) is 0 Å². The highest BCUT2D eigenvalue weighted by Gasteiger charge is 2.11. The SMILES string of the molecule is CCOc1ccc(C(O)CCC(=O)NN=Cc2ccc(OCc3ccc(C)cc3)c(OCC)c2)cc1. The maximum Gasteiger partial charge on any atom is 0.240 e. The molecule has 0 aliphatic heterocycles. The van der Waals surface area contributed by atoms with Gasteiger partial charge in [0.05, 0.1) is 25.5 Å². The summed E-state index contributed by atoms with van der Waals surface area (Å²) in [5, 5.41) is 14.4. The minimum atomic E-state index is -0.739. The highest BCUT2D eigenvalue weighted by atomic mass is 16.5. The molecule has 1 atom stereocenters. The molecule has 0 saturated heterocycles. The van der Waals surface area contributed by atoms with E-state index in [9.17, 15) is 9.90 Å². The zero-order valence-electron chi connectivity index (χ0n) is 21.1. The molecule has 3 aromatic carbocycles. The lowest BCUT2D eigenvalue weighted by Crippen LogP contribution is -2.18. The molecule has 1 amide bonds. The van der Waals surface area contributed by atoms with Crippen LogP contribution in [0.3, 0.4) is 0 Å². The molecule has 0 aromatic heterocycles. The second-order valence-electron chi connectivity index (χ2n) is 8.26. The molecule has 7 heteroatoms. The number of carbonyl (C=O) groups is 1. The zero-order chi connectivity index (χ0) is 25.8. The Morgan fingerprint density at radius 2 is 1.67 bits per heavy atom. The van der Waals surface area contributed by atoms with Gasteiger partial charge in [0.1, 0.15) is 12.4 Å². The number of amides is 1. The van der Waals surface area contributed by atoms with Crippen molar-refractivity contribution in [1.82, 2.24) is 5.43 Å². The Hall–Kier alpha value is -3.84. The van der Waals surface area contributed by atoms with Crippen molar-refractivity contribution in [3.05, 3.63) is 89.0 Å². The van der Waals surface area contributed by atoms with Crippen molar-refractivity contribution in [3.8, 4) is 17.2 Å². The van der Waals surface area contributed by atoms with E-state index in [4.69, 9.17) is 14.2 Å². The molecule has 0 saturated carbocycles. The normalized spacial score (nSPS) is 11.8. The van der Waals surface area contributed by atoms with Crippen LogP contribution in [0.2, 0.25) is 0 Å². The number of ether oxygens (including phenoxy) is 3. The summed E-state index contributed by atoms with van der Waals surface area (Å²) >= 11 is 0. The molecule has 0 heterocycles. The van der Waals surface area contributed by atoms with E-state index in [0.29, 0.717) is 31.3 Å². The Morgan fingerprint density at radius 3 is 2.36 bits per heavy atom. The summed E-state index contributed by atoms with van der Waals surface area (Å²) in [5.74, 6) is 1.72. The number of aliphatic hydroxyl groups is 1. The quantitative estimate of drug-likeness (QED) is 0.250. The largest absolute Gasteiger partial charge is 0.494 e. The van der Waals surface area contributed by atoms with Crippen LogP contribution in [-0.2, 0) is 11.4 Å². The van der Waals surface area contributed by atoms with E-state index in [0.717, 1.165) is 22.4 Å². The molecule has 0 aliphatic carbocycles. The molecule has 1 unspecified atom stereocenters. The average Bonchev–Trinajstić information content (AvgIpc) is 2.88. The van der Waals surface area contributed by atoms with Gasteiger partial charge in [-0.15, -0.1) is 0 Å². The summed E-state index contributed by atoms with van der Waals surface area (Å²) in [4.78, 5) is 12.2. The third-order valence-electron chi connectivity index (χ3n) is 5.41. The van der Waals surface area contributed by atoms with Crippen molar-refractivity contribution in [2.75, 3.05) is 13.2 Å². The lowest BCUT2D eigenvalue weighted by molar-refractivity contribution is -0.121. The molecule has 3 rings (SSSR count). The standard InChI is InChI=1S/C29H34N2O5/c1-4-34-25-13-11-24(12-14-25)26(32)15-17-29(33)31-30-19-23-10-16-27(28(18-23)35-5-2)36-20-22-8-6-21(3)7-9-22/h6-14,16,18-19,26,32H,4-5,15,17,20H2,1-3H3,(H,31,33). The summed E-state index contributed by atoms with van der Waals surface area (Å²) in [6, 6.07) is 20.9. The van der Waals surface area contributed by atoms with Crippen LogP contribution in [0, 0.1) is 6.92 Å². The van der Waals surface area contributed by atoms with Crippen molar-refractivity contribution < 1.29 is 24.1 Å². The molecule has 0 aliphatic rings. The Morgan fingerprint density at radius 1 is 0.944 bits per heavy atom. The monoisotopic (exact) mass is 490 g/mol. The highest BCUT2D eigenvalue weighted by Crippen LogP contribution is 2.29. The van der Waals surface area contributed by atoms with E-state index < -0.39 is 6.10 Å². The molecule has 3 aromatic rings. The van der Waals surface area contributed by atoms with Crippen LogP contribution in [0.1, 0.15) is 55.0 Å². The van der Waals surface area contributed by atoms with E-state index in [2.05, 4.69) is 22.7 Å². The summed E-state index contributed by atoms with van der Waals surface area (Å²) < 4.78 is 17.1. The number of nitrogens with one attached hydrogen (secondary N) is 1. The number of aliphatic hydroxyl groups excluding tert-OH is 1. The number of hydrazone groups is 1. The maximum atomic E-state index is 12.2. The van der Waals surface area contributed by atoms with E-state index in [1.807, 2.05) is 63.2 Å². The number of carbonyl (C=O) groups excluding carboxylic acids is 1. The summed E-state index contributed by atoms with van der Waals surface area (Å²) in [6.07, 6.45) is 1.24. The van der Waals surface area contributed by atoms with Gasteiger partial charge in [-0.25, -0.2) is 5.43 Å². The van der Waals surface area contributed by atoms with Gasteiger partial charge >= 0.3 is 0 Å². The molecular formula is C29H34N2O5. The van der Waals surface area contributed by atoms with Gasteiger partial charge in [0.15, 0.2) is 11.5 Å². The van der Waals surface area contributed by atoms with Gasteiger partial charge in [-0.05, 0) is 74.2 Å². The fourth-order valence-corrected chi connectivity index (χ4v) is 3.46. The minimum Gasteiger partial charge on any atom is -0.494 e. The second kappa shape index (κ2) is 13.9. The van der Waals surface area contributed by atoms with Gasteiger partial charge in [-0.3, -0.25) is 4.79 Å². The summed E-state index contributed by atoms with van der Waals surface area (Å²) in [5.41, 5.74) is 6.28. The Kier molecular flexibility index (Phi) is 10.3. The Labute approximate surface area is 212 Å². The summed E-state index contributed by atoms with van der Waals surface area (Å²) in [7, 11) is 0. The van der Waals surface area contributed by atoms with Crippen LogP contribution in [0.25, 0.3) is 0 Å². The van der Waals surface area contributed by atoms with Crippen LogP contribution in [0.15, 0.2) is 71.8 Å². The van der Waals surface area contributed by atoms with Gasteiger partial charge in [-0.1, -0.05) is 42.0 Å². The number of rotatable bonds is 13. The van der Waals surface area contributed by atoms with Gasteiger partial charge in [0.25, 0.3) is 0 Å². The van der Waals surface area contributed by atoms with Crippen molar-refractivity contribution in [2.45, 2.75) is 46.3 Å². The predicted molar refractivity (Wildman–Crippen MR) is 141 cm³/mol. The lowest BCUT2D eigenvalue weighted by Gasteiger charge is -2.13. The Bertz CT molecular complexity index is 1130. The number of nitrogens with zero attached hydrogens (tertiary/aromatic N) is 1. The maximum absolute atomic E-state index is 12.2. The minimum absolute atomic E-state index is 0.141. The molecule has 2 N–H and O–H groups in total. The molecule has 0 radical (unpaired) electrons. The third-order valence-corrected chi connectivity index (χ3v) is 5.41. The van der Waals surface area contributed by atoms with Crippen LogP contribution >= 0.6 is 0 Å². The number of aryl methyl sites for hydroxylation is 1. The number of benzene rings is 3. The molecule has 36 heavy (non-hydrogen) atoms. The van der Waals surface area contributed by atoms with E-state index in [1.54, 1.807) is 18.3 Å². The van der Waals surface area contributed by atoms with Crippen molar-refractivity contribution in [2.24, 2.45) is 5.10 Å². The Balaban J connectivity index is 1.49. The van der Waals surface area contributed by atoms with Crippen LogP contribution in [0.4, 0.5) is 0 Å². The fourth-order valence-electron chi connectivity index (χ4n) is 3.46. The molecule has 7 nitrogen and oxygen atoms in total. The lowest BCUT2D eigenvalue weighted by atomic mass is 10.0. The first-order valence-electron chi connectivity index (χ1n) is 12.2. The van der Waals surface area contributed by atoms with E-state index in [1.165, 1.54) is 5.56 Å². The highest BCUT2D eigenvalue weighted by molar-refractivity contribution is 5.83. The number of hydrogen-bond donors (Lipinski definition) is 2. The first-order chi connectivity index (χ1) is 17.5. The van der Waals surface area contributed by atoms with Crippen molar-refractivity contribution >= 4 is 12.1 Å². The molecular weight excluding hydrogens is 456 g/mol. The molecule has 190 valence electrons. The van der Waals surface area contributed by atoms with Crippen molar-refractivity contribution in [3.63, 3.8) is 0 Å². The molecule has 0 fully saturated rings. The average molecular weight is 491 g/mol. The van der Waals surface area contributed by atoms with Crippen LogP contribution in [0.5, 0.6) is 17.2 Å². The van der Waals surface area contributed by atoms with Crippen LogP contribution < -0.4 is 19.6 Å². The van der Waals surface area contributed by atoms with Gasteiger partial charge in [0, 0.05) is 6.42 Å². The topological polar surface area (TPSA) is 89.4 Å². The fraction of sp³-hybridized carbons (Fsp3) is 0.310. The molecule has 0 spiro atoms. The van der Waals surface area contributed by atoms with Crippen LogP contribution in [-0.4, -0.2) is 30.4 Å². The molecule has 0 bridgehead atoms. The first kappa shape index (κ1) is 26.8. The third kappa shape index (κ3) is 8.43. The van der Waals surface area contributed by atoms with Gasteiger partial charge in [0.2, 0.25) is 5.91 Å². The van der Waals surface area contributed by atoms with Gasteiger partial charge in [-0.2, -0.15) is 5.10 Å². The van der Waals surface area contributed by atoms with E-state index >= 15 is 0 Å². The van der Waals surface area contributed by atoms with Gasteiger partial charge < -0.3 is 19.3 Å². The summed E-state index contributed by atoms with van der Waals surface area (Å²) in [6.45, 7) is 7.39. The number of hydrogen-bond acceptors (Lipinski definition) is 6. The predicted octanol–water partition coefficient (Wildman–Crippen LogP) is 5.34. The smallest absolute Gasteiger partial charge is 0.240 e.